The fourth-order valence-corrected chi connectivity index (χ4v) is 4.00. The molecular formula is C19H34N2OSi. The molecule has 0 bridgehead atoms. The van der Waals surface area contributed by atoms with Gasteiger partial charge in [-0.1, -0.05) is 26.0 Å². The van der Waals surface area contributed by atoms with Crippen molar-refractivity contribution in [2.45, 2.75) is 52.4 Å². The molecule has 1 atom stereocenters. The van der Waals surface area contributed by atoms with Crippen LogP contribution >= 0.6 is 0 Å². The van der Waals surface area contributed by atoms with Gasteiger partial charge in [-0.05, 0) is 56.1 Å². The topological polar surface area (TPSA) is 24.5 Å². The van der Waals surface area contributed by atoms with Crippen molar-refractivity contribution in [3.63, 3.8) is 0 Å². The zero-order chi connectivity index (χ0) is 16.9. The molecule has 1 aromatic carbocycles. The summed E-state index contributed by atoms with van der Waals surface area (Å²) in [5, 5.41) is 3.46. The van der Waals surface area contributed by atoms with Gasteiger partial charge in [-0.25, -0.2) is 0 Å². The van der Waals surface area contributed by atoms with Crippen molar-refractivity contribution in [2.75, 3.05) is 26.2 Å². The molecule has 1 aliphatic heterocycles. The largest absolute Gasteiger partial charge is 0.544 e. The van der Waals surface area contributed by atoms with Gasteiger partial charge in [0.15, 0.2) is 0 Å². The highest BCUT2D eigenvalue weighted by Gasteiger charge is 2.23. The van der Waals surface area contributed by atoms with Crippen LogP contribution in [0.3, 0.4) is 0 Å². The van der Waals surface area contributed by atoms with E-state index in [1.165, 1.54) is 18.4 Å². The van der Waals surface area contributed by atoms with Crippen molar-refractivity contribution >= 4 is 8.32 Å². The SMILES string of the molecule is CC(C)CC[C@@H](c1ccc(O[Si](C)(C)C)cc1)N1CCNCC1. The van der Waals surface area contributed by atoms with Gasteiger partial charge >= 0.3 is 0 Å². The number of hydrogen-bond donors (Lipinski definition) is 1. The van der Waals surface area contributed by atoms with E-state index in [-0.39, 0.29) is 0 Å². The van der Waals surface area contributed by atoms with Gasteiger partial charge in [-0.15, -0.1) is 0 Å². The Bertz CT molecular complexity index is 461. The fraction of sp³-hybridized carbons (Fsp3) is 0.684. The average Bonchev–Trinajstić information content (AvgIpc) is 2.48. The van der Waals surface area contributed by atoms with Gasteiger partial charge in [-0.2, -0.15) is 0 Å². The van der Waals surface area contributed by atoms with Crippen LogP contribution in [-0.2, 0) is 0 Å². The quantitative estimate of drug-likeness (QED) is 0.753. The molecule has 0 aliphatic carbocycles. The average molecular weight is 335 g/mol. The van der Waals surface area contributed by atoms with E-state index < -0.39 is 8.32 Å². The highest BCUT2D eigenvalue weighted by atomic mass is 28.4. The third-order valence-electron chi connectivity index (χ3n) is 4.30. The van der Waals surface area contributed by atoms with E-state index in [0.29, 0.717) is 6.04 Å². The lowest BCUT2D eigenvalue weighted by Crippen LogP contribution is -2.45. The van der Waals surface area contributed by atoms with Crippen LogP contribution in [-0.4, -0.2) is 39.4 Å². The Morgan fingerprint density at radius 2 is 1.65 bits per heavy atom. The lowest BCUT2D eigenvalue weighted by atomic mass is 9.95. The van der Waals surface area contributed by atoms with E-state index in [1.54, 1.807) is 0 Å². The Hall–Kier alpha value is -0.843. The lowest BCUT2D eigenvalue weighted by Gasteiger charge is -2.36. The summed E-state index contributed by atoms with van der Waals surface area (Å²) >= 11 is 0. The molecule has 1 aromatic rings. The monoisotopic (exact) mass is 334 g/mol. The maximum absolute atomic E-state index is 6.10. The molecule has 0 amide bonds. The van der Waals surface area contributed by atoms with Gasteiger partial charge in [-0.3, -0.25) is 4.90 Å². The second-order valence-electron chi connectivity index (χ2n) is 8.06. The molecule has 2 rings (SSSR count). The summed E-state index contributed by atoms with van der Waals surface area (Å²) in [7, 11) is -1.52. The number of rotatable bonds is 7. The standard InChI is InChI=1S/C19H34N2OSi/c1-16(2)6-11-19(21-14-12-20-13-15-21)17-7-9-18(10-8-17)22-23(3,4)5/h7-10,16,19-20H,6,11-15H2,1-5H3/t19-/m0/s1. The van der Waals surface area contributed by atoms with E-state index in [0.717, 1.165) is 37.8 Å². The first-order valence-corrected chi connectivity index (χ1v) is 12.5. The van der Waals surface area contributed by atoms with Crippen LogP contribution in [0, 0.1) is 5.92 Å². The Morgan fingerprint density at radius 3 is 2.17 bits per heavy atom. The van der Waals surface area contributed by atoms with Crippen LogP contribution in [0.25, 0.3) is 0 Å². The molecule has 0 saturated carbocycles. The van der Waals surface area contributed by atoms with Gasteiger partial charge < -0.3 is 9.74 Å². The first-order chi connectivity index (χ1) is 10.8. The number of nitrogens with one attached hydrogen (secondary N) is 1. The maximum atomic E-state index is 6.10. The summed E-state index contributed by atoms with van der Waals surface area (Å²) in [4.78, 5) is 2.65. The molecule has 23 heavy (non-hydrogen) atoms. The molecule has 1 heterocycles. The minimum absolute atomic E-state index is 0.542. The summed E-state index contributed by atoms with van der Waals surface area (Å²) in [6.07, 6.45) is 2.52. The number of piperazine rings is 1. The molecule has 0 radical (unpaired) electrons. The van der Waals surface area contributed by atoms with Gasteiger partial charge in [0, 0.05) is 32.2 Å². The van der Waals surface area contributed by atoms with Crippen molar-refractivity contribution in [1.82, 2.24) is 10.2 Å². The third-order valence-corrected chi connectivity index (χ3v) is 5.15. The normalized spacial score (nSPS) is 18.2. The first-order valence-electron chi connectivity index (χ1n) is 9.09. The zero-order valence-corrected chi connectivity index (χ0v) is 16.6. The number of nitrogens with zero attached hydrogens (tertiary/aromatic N) is 1. The molecular weight excluding hydrogens is 300 g/mol. The van der Waals surface area contributed by atoms with Crippen LogP contribution in [0.2, 0.25) is 19.6 Å². The molecule has 1 N–H and O–H groups in total. The van der Waals surface area contributed by atoms with E-state index in [4.69, 9.17) is 4.43 Å². The molecule has 1 fully saturated rings. The summed E-state index contributed by atoms with van der Waals surface area (Å²) in [6.45, 7) is 15.8. The Balaban J connectivity index is 2.10. The minimum atomic E-state index is -1.52. The summed E-state index contributed by atoms with van der Waals surface area (Å²) in [5.41, 5.74) is 1.44. The van der Waals surface area contributed by atoms with Gasteiger partial charge in [0.1, 0.15) is 5.75 Å². The Morgan fingerprint density at radius 1 is 1.04 bits per heavy atom. The minimum Gasteiger partial charge on any atom is -0.544 e. The van der Waals surface area contributed by atoms with E-state index in [9.17, 15) is 0 Å². The van der Waals surface area contributed by atoms with E-state index in [1.807, 2.05) is 0 Å². The molecule has 0 spiro atoms. The second kappa shape index (κ2) is 8.31. The van der Waals surface area contributed by atoms with Crippen molar-refractivity contribution in [3.05, 3.63) is 29.8 Å². The predicted octanol–water partition coefficient (Wildman–Crippen LogP) is 4.28. The molecule has 130 valence electrons. The highest BCUT2D eigenvalue weighted by Crippen LogP contribution is 2.29. The second-order valence-corrected chi connectivity index (χ2v) is 12.5. The van der Waals surface area contributed by atoms with Gasteiger partial charge in [0.25, 0.3) is 0 Å². The van der Waals surface area contributed by atoms with Crippen molar-refractivity contribution < 1.29 is 4.43 Å². The molecule has 1 aliphatic rings. The highest BCUT2D eigenvalue weighted by molar-refractivity contribution is 6.70. The van der Waals surface area contributed by atoms with Gasteiger partial charge in [0.2, 0.25) is 8.32 Å². The predicted molar refractivity (Wildman–Crippen MR) is 102 cm³/mol. The van der Waals surface area contributed by atoms with E-state index in [2.05, 4.69) is 68.0 Å². The zero-order valence-electron chi connectivity index (χ0n) is 15.6. The van der Waals surface area contributed by atoms with Crippen molar-refractivity contribution in [2.24, 2.45) is 5.92 Å². The third kappa shape index (κ3) is 6.28. The molecule has 3 nitrogen and oxygen atoms in total. The van der Waals surface area contributed by atoms with Crippen LogP contribution in [0.15, 0.2) is 24.3 Å². The fourth-order valence-electron chi connectivity index (χ4n) is 3.16. The lowest BCUT2D eigenvalue weighted by molar-refractivity contribution is 0.160. The smallest absolute Gasteiger partial charge is 0.242 e. The maximum Gasteiger partial charge on any atom is 0.242 e. The van der Waals surface area contributed by atoms with Crippen molar-refractivity contribution in [3.8, 4) is 5.75 Å². The first kappa shape index (κ1) is 18.5. The van der Waals surface area contributed by atoms with E-state index >= 15 is 0 Å². The van der Waals surface area contributed by atoms with Crippen LogP contribution in [0.5, 0.6) is 5.75 Å². The molecule has 0 unspecified atom stereocenters. The van der Waals surface area contributed by atoms with Crippen LogP contribution in [0.4, 0.5) is 0 Å². The Labute approximate surface area is 143 Å². The summed E-state index contributed by atoms with van der Waals surface area (Å²) in [6, 6.07) is 9.43. The van der Waals surface area contributed by atoms with Gasteiger partial charge in [0.05, 0.1) is 0 Å². The molecule has 1 saturated heterocycles. The van der Waals surface area contributed by atoms with Crippen LogP contribution < -0.4 is 9.74 Å². The van der Waals surface area contributed by atoms with Crippen LogP contribution in [0.1, 0.15) is 38.3 Å². The summed E-state index contributed by atoms with van der Waals surface area (Å²) in [5.74, 6) is 1.78. The Kier molecular flexibility index (Phi) is 6.68. The molecule has 0 aromatic heterocycles. The number of hydrogen-bond acceptors (Lipinski definition) is 3. The number of benzene rings is 1. The summed E-state index contributed by atoms with van der Waals surface area (Å²) < 4.78 is 6.10. The molecule has 4 heteroatoms. The van der Waals surface area contributed by atoms with Crippen molar-refractivity contribution in [1.29, 1.82) is 0 Å².